The molecule has 5 heteroatoms. The first-order valence-corrected chi connectivity index (χ1v) is 7.80. The zero-order valence-corrected chi connectivity index (χ0v) is 11.8. The first-order valence-electron chi connectivity index (χ1n) is 6.19. The molecule has 0 aromatic heterocycles. The third-order valence-electron chi connectivity index (χ3n) is 2.83. The molecule has 0 aliphatic carbocycles. The van der Waals surface area contributed by atoms with Gasteiger partial charge in [0.2, 0.25) is 0 Å². The number of benzene rings is 1. The smallest absolute Gasteiger partial charge is 0.264 e. The maximum Gasteiger partial charge on any atom is 0.264 e. The van der Waals surface area contributed by atoms with Crippen molar-refractivity contribution < 1.29 is 13.0 Å². The van der Waals surface area contributed by atoms with Gasteiger partial charge in [-0.25, -0.2) is 0 Å². The monoisotopic (exact) mass is 271 g/mol. The molecule has 18 heavy (non-hydrogen) atoms. The molecule has 0 unspecified atom stereocenters. The van der Waals surface area contributed by atoms with E-state index in [0.29, 0.717) is 6.42 Å². The summed E-state index contributed by atoms with van der Waals surface area (Å²) in [6.45, 7) is 5.81. The highest BCUT2D eigenvalue weighted by molar-refractivity contribution is 7.85. The number of anilines is 1. The molecule has 0 aliphatic rings. The number of unbranched alkanes of at least 4 members (excludes halogenated alkanes) is 1. The van der Waals surface area contributed by atoms with E-state index in [1.807, 2.05) is 6.07 Å². The Kier molecular flexibility index (Phi) is 5.62. The van der Waals surface area contributed by atoms with Crippen molar-refractivity contribution in [1.82, 2.24) is 0 Å². The predicted molar refractivity (Wildman–Crippen MR) is 74.7 cm³/mol. The van der Waals surface area contributed by atoms with Crippen molar-refractivity contribution in [3.05, 3.63) is 29.8 Å². The zero-order chi connectivity index (χ0) is 13.6. The maximum absolute atomic E-state index is 10.6. The lowest BCUT2D eigenvalue weighted by Gasteiger charge is -2.23. The van der Waals surface area contributed by atoms with Crippen LogP contribution in [0.15, 0.2) is 24.3 Å². The van der Waals surface area contributed by atoms with Crippen molar-refractivity contribution in [2.24, 2.45) is 0 Å². The predicted octanol–water partition coefficient (Wildman–Crippen LogP) is 2.49. The van der Waals surface area contributed by atoms with Gasteiger partial charge in [-0.1, -0.05) is 12.1 Å². The molecule has 0 aliphatic heterocycles. The maximum atomic E-state index is 10.6. The third-order valence-corrected chi connectivity index (χ3v) is 3.63. The summed E-state index contributed by atoms with van der Waals surface area (Å²) < 4.78 is 29.9. The second-order valence-corrected chi connectivity index (χ2v) is 5.98. The van der Waals surface area contributed by atoms with Gasteiger partial charge in [-0.3, -0.25) is 4.55 Å². The highest BCUT2D eigenvalue weighted by Gasteiger charge is 2.07. The van der Waals surface area contributed by atoms with E-state index >= 15 is 0 Å². The van der Waals surface area contributed by atoms with Crippen molar-refractivity contribution in [2.45, 2.75) is 26.7 Å². The van der Waals surface area contributed by atoms with Crippen LogP contribution in [0.25, 0.3) is 0 Å². The van der Waals surface area contributed by atoms with E-state index < -0.39 is 10.1 Å². The lowest BCUT2D eigenvalue weighted by molar-refractivity contribution is 0.480. The summed E-state index contributed by atoms with van der Waals surface area (Å²) in [5.41, 5.74) is 2.37. The molecule has 0 heterocycles. The van der Waals surface area contributed by atoms with Crippen LogP contribution in [0.5, 0.6) is 0 Å². The summed E-state index contributed by atoms with van der Waals surface area (Å²) >= 11 is 0. The zero-order valence-electron chi connectivity index (χ0n) is 11.0. The Balaban J connectivity index is 2.48. The number of hydrogen-bond donors (Lipinski definition) is 1. The summed E-state index contributed by atoms with van der Waals surface area (Å²) in [6.07, 6.45) is 1.24. The number of rotatable bonds is 7. The van der Waals surface area contributed by atoms with Gasteiger partial charge in [0.05, 0.1) is 5.75 Å². The highest BCUT2D eigenvalue weighted by atomic mass is 32.2. The van der Waals surface area contributed by atoms with Crippen molar-refractivity contribution in [3.63, 3.8) is 0 Å². The van der Waals surface area contributed by atoms with E-state index in [0.717, 1.165) is 25.2 Å². The number of nitrogens with zero attached hydrogens (tertiary/aromatic N) is 1. The van der Waals surface area contributed by atoms with Gasteiger partial charge in [-0.15, -0.1) is 0 Å². The lowest BCUT2D eigenvalue weighted by Crippen LogP contribution is -2.24. The topological polar surface area (TPSA) is 57.6 Å². The van der Waals surface area contributed by atoms with Gasteiger partial charge in [0, 0.05) is 18.8 Å². The Hall–Kier alpha value is -1.07. The largest absolute Gasteiger partial charge is 0.372 e. The Bertz CT molecular complexity index is 471. The standard InChI is InChI=1S/C13H21NO3S/c1-3-14(9-4-5-10-18(15,16)17)13-8-6-7-12(2)11-13/h6-8,11H,3-5,9-10H2,1-2H3,(H,15,16,17). The molecule has 0 atom stereocenters. The van der Waals surface area contributed by atoms with Crippen LogP contribution < -0.4 is 4.90 Å². The van der Waals surface area contributed by atoms with Crippen LogP contribution in [-0.2, 0) is 10.1 Å². The summed E-state index contributed by atoms with van der Waals surface area (Å²) in [5.74, 6) is -0.154. The Labute approximate surface area is 109 Å². The second kappa shape index (κ2) is 6.75. The SMILES string of the molecule is CCN(CCCCS(=O)(=O)O)c1cccc(C)c1. The molecule has 0 amide bonds. The van der Waals surface area contributed by atoms with Crippen LogP contribution in [0.3, 0.4) is 0 Å². The minimum atomic E-state index is -3.82. The molecular formula is C13H21NO3S. The van der Waals surface area contributed by atoms with Crippen molar-refractivity contribution in [2.75, 3.05) is 23.7 Å². The minimum absolute atomic E-state index is 0.154. The van der Waals surface area contributed by atoms with Crippen LogP contribution in [0.4, 0.5) is 5.69 Å². The van der Waals surface area contributed by atoms with Crippen LogP contribution >= 0.6 is 0 Å². The number of hydrogen-bond acceptors (Lipinski definition) is 3. The van der Waals surface area contributed by atoms with E-state index in [-0.39, 0.29) is 5.75 Å². The average molecular weight is 271 g/mol. The first-order chi connectivity index (χ1) is 8.42. The molecule has 0 spiro atoms. The van der Waals surface area contributed by atoms with E-state index in [2.05, 4.69) is 36.9 Å². The molecule has 1 rings (SSSR count). The second-order valence-electron chi connectivity index (χ2n) is 4.41. The van der Waals surface area contributed by atoms with Crippen LogP contribution in [-0.4, -0.2) is 31.8 Å². The van der Waals surface area contributed by atoms with Crippen molar-refractivity contribution in [3.8, 4) is 0 Å². The van der Waals surface area contributed by atoms with E-state index in [1.165, 1.54) is 5.56 Å². The normalized spacial score (nSPS) is 11.5. The van der Waals surface area contributed by atoms with Crippen molar-refractivity contribution in [1.29, 1.82) is 0 Å². The van der Waals surface area contributed by atoms with Gasteiger partial charge in [-0.2, -0.15) is 8.42 Å². The highest BCUT2D eigenvalue weighted by Crippen LogP contribution is 2.16. The molecule has 0 radical (unpaired) electrons. The molecule has 1 aromatic carbocycles. The van der Waals surface area contributed by atoms with Crippen LogP contribution in [0.2, 0.25) is 0 Å². The van der Waals surface area contributed by atoms with Gasteiger partial charge in [0.1, 0.15) is 0 Å². The summed E-state index contributed by atoms with van der Waals surface area (Å²) in [7, 11) is -3.82. The molecule has 1 N–H and O–H groups in total. The Morgan fingerprint density at radius 3 is 2.56 bits per heavy atom. The van der Waals surface area contributed by atoms with Crippen LogP contribution in [0.1, 0.15) is 25.3 Å². The molecule has 102 valence electrons. The van der Waals surface area contributed by atoms with Gasteiger partial charge in [0.15, 0.2) is 0 Å². The van der Waals surface area contributed by atoms with Crippen molar-refractivity contribution >= 4 is 15.8 Å². The van der Waals surface area contributed by atoms with E-state index in [1.54, 1.807) is 0 Å². The molecule has 0 bridgehead atoms. The van der Waals surface area contributed by atoms with Gasteiger partial charge < -0.3 is 4.90 Å². The van der Waals surface area contributed by atoms with E-state index in [9.17, 15) is 8.42 Å². The summed E-state index contributed by atoms with van der Waals surface area (Å²) in [4.78, 5) is 2.21. The average Bonchev–Trinajstić information content (AvgIpc) is 2.27. The minimum Gasteiger partial charge on any atom is -0.372 e. The molecule has 0 saturated heterocycles. The van der Waals surface area contributed by atoms with Gasteiger partial charge in [0.25, 0.3) is 10.1 Å². The third kappa shape index (κ3) is 5.51. The Morgan fingerprint density at radius 1 is 1.28 bits per heavy atom. The fourth-order valence-corrected chi connectivity index (χ4v) is 2.45. The van der Waals surface area contributed by atoms with E-state index in [4.69, 9.17) is 4.55 Å². The summed E-state index contributed by atoms with van der Waals surface area (Å²) in [6, 6.07) is 8.24. The fourth-order valence-electron chi connectivity index (χ4n) is 1.88. The first kappa shape index (κ1) is 15.0. The molecule has 4 nitrogen and oxygen atoms in total. The lowest BCUT2D eigenvalue weighted by atomic mass is 10.2. The Morgan fingerprint density at radius 2 is 2.00 bits per heavy atom. The molecule has 0 saturated carbocycles. The summed E-state index contributed by atoms with van der Waals surface area (Å²) in [5, 5.41) is 0. The molecule has 0 fully saturated rings. The number of aryl methyl sites for hydroxylation is 1. The quantitative estimate of drug-likeness (QED) is 0.611. The van der Waals surface area contributed by atoms with Gasteiger partial charge in [-0.05, 0) is 44.4 Å². The van der Waals surface area contributed by atoms with Gasteiger partial charge >= 0.3 is 0 Å². The van der Waals surface area contributed by atoms with Crippen LogP contribution in [0, 0.1) is 6.92 Å². The fraction of sp³-hybridized carbons (Fsp3) is 0.538. The molecular weight excluding hydrogens is 250 g/mol. The molecule has 1 aromatic rings.